The highest BCUT2D eigenvalue weighted by molar-refractivity contribution is 5.69. The molecule has 2 N–H and O–H groups in total. The molecule has 0 amide bonds. The number of nitrogens with two attached hydrogens (primary N) is 1. The third kappa shape index (κ3) is 2.29. The quantitative estimate of drug-likeness (QED) is 0.913. The lowest BCUT2D eigenvalue weighted by Gasteiger charge is -2.23. The topological polar surface area (TPSA) is 56.3 Å². The number of methoxy groups -OCH3 is 1. The molecule has 0 fully saturated rings. The molecule has 0 saturated carbocycles. The first kappa shape index (κ1) is 13.4. The van der Waals surface area contributed by atoms with Gasteiger partial charge in [-0.05, 0) is 19.1 Å². The van der Waals surface area contributed by atoms with Crippen molar-refractivity contribution in [3.8, 4) is 5.75 Å². The molecule has 0 spiro atoms. The second-order valence-corrected chi connectivity index (χ2v) is 4.45. The second-order valence-electron chi connectivity index (χ2n) is 4.45. The van der Waals surface area contributed by atoms with Crippen LogP contribution in [0.4, 0.5) is 11.5 Å². The maximum absolute atomic E-state index is 5.84. The predicted octanol–water partition coefficient (Wildman–Crippen LogP) is 1.96. The Morgan fingerprint density at radius 3 is 2.68 bits per heavy atom. The molecule has 0 aliphatic rings. The number of rotatable bonds is 4. The molecule has 0 radical (unpaired) electrons. The fraction of sp³-hybridized carbons (Fsp3) is 0.357. The molecule has 0 aliphatic heterocycles. The maximum atomic E-state index is 5.84. The van der Waals surface area contributed by atoms with Crippen LogP contribution in [0.25, 0.3) is 0 Å². The van der Waals surface area contributed by atoms with Crippen molar-refractivity contribution in [2.45, 2.75) is 13.5 Å². The molecule has 0 aliphatic carbocycles. The molecule has 5 nitrogen and oxygen atoms in total. The summed E-state index contributed by atoms with van der Waals surface area (Å²) in [7, 11) is 5.59. The van der Waals surface area contributed by atoms with Gasteiger partial charge in [0, 0.05) is 26.2 Å². The lowest BCUT2D eigenvalue weighted by atomic mass is 10.2. The summed E-state index contributed by atoms with van der Waals surface area (Å²) in [5.74, 6) is 1.82. The van der Waals surface area contributed by atoms with Crippen LogP contribution in [0.15, 0.2) is 24.3 Å². The first-order chi connectivity index (χ1) is 9.10. The van der Waals surface area contributed by atoms with Crippen molar-refractivity contribution in [2.75, 3.05) is 19.1 Å². The highest BCUT2D eigenvalue weighted by atomic mass is 16.5. The number of nitrogens with zero attached hydrogens (tertiary/aromatic N) is 3. The lowest BCUT2D eigenvalue weighted by Crippen LogP contribution is -2.17. The third-order valence-electron chi connectivity index (χ3n) is 3.28. The van der Waals surface area contributed by atoms with Crippen LogP contribution in [-0.4, -0.2) is 23.9 Å². The molecule has 1 aromatic heterocycles. The summed E-state index contributed by atoms with van der Waals surface area (Å²) >= 11 is 0. The second kappa shape index (κ2) is 5.32. The Balaban J connectivity index is 2.52. The van der Waals surface area contributed by atoms with Crippen LogP contribution in [0.1, 0.15) is 11.3 Å². The monoisotopic (exact) mass is 260 g/mol. The zero-order valence-corrected chi connectivity index (χ0v) is 11.8. The average molecular weight is 260 g/mol. The minimum absolute atomic E-state index is 0.467. The molecule has 19 heavy (non-hydrogen) atoms. The highest BCUT2D eigenvalue weighted by Gasteiger charge is 2.18. The summed E-state index contributed by atoms with van der Waals surface area (Å²) < 4.78 is 7.26. The van der Waals surface area contributed by atoms with Gasteiger partial charge in [0.15, 0.2) is 0 Å². The van der Waals surface area contributed by atoms with Gasteiger partial charge in [0.1, 0.15) is 11.6 Å². The zero-order chi connectivity index (χ0) is 14.0. The molecule has 5 heteroatoms. The number of para-hydroxylation sites is 2. The van der Waals surface area contributed by atoms with Gasteiger partial charge in [0.25, 0.3) is 0 Å². The van der Waals surface area contributed by atoms with Gasteiger partial charge in [-0.3, -0.25) is 4.68 Å². The third-order valence-corrected chi connectivity index (χ3v) is 3.28. The Labute approximate surface area is 113 Å². The van der Waals surface area contributed by atoms with Crippen molar-refractivity contribution in [2.24, 2.45) is 12.8 Å². The lowest BCUT2D eigenvalue weighted by molar-refractivity contribution is 0.415. The molecule has 1 aromatic carbocycles. The number of hydrogen-bond donors (Lipinski definition) is 1. The number of benzene rings is 1. The average Bonchev–Trinajstić information content (AvgIpc) is 2.71. The predicted molar refractivity (Wildman–Crippen MR) is 76.9 cm³/mol. The summed E-state index contributed by atoms with van der Waals surface area (Å²) in [4.78, 5) is 2.06. The summed E-state index contributed by atoms with van der Waals surface area (Å²) in [6.45, 7) is 2.44. The fourth-order valence-electron chi connectivity index (χ4n) is 2.37. The Morgan fingerprint density at radius 1 is 1.37 bits per heavy atom. The molecule has 102 valence electrons. The van der Waals surface area contributed by atoms with E-state index in [1.165, 1.54) is 0 Å². The first-order valence-corrected chi connectivity index (χ1v) is 6.19. The number of anilines is 2. The van der Waals surface area contributed by atoms with E-state index in [1.54, 1.807) is 7.11 Å². The molecule has 1 heterocycles. The SMILES string of the molecule is COc1ccccc1N(C)c1c(CN)c(C)nn1C. The smallest absolute Gasteiger partial charge is 0.142 e. The van der Waals surface area contributed by atoms with Gasteiger partial charge in [0.2, 0.25) is 0 Å². The van der Waals surface area contributed by atoms with Crippen LogP contribution in [-0.2, 0) is 13.6 Å². The summed E-state index contributed by atoms with van der Waals surface area (Å²) in [5, 5.41) is 4.44. The van der Waals surface area contributed by atoms with E-state index < -0.39 is 0 Å². The van der Waals surface area contributed by atoms with E-state index in [4.69, 9.17) is 10.5 Å². The van der Waals surface area contributed by atoms with Crippen LogP contribution in [0.5, 0.6) is 5.75 Å². The van der Waals surface area contributed by atoms with E-state index in [0.29, 0.717) is 6.54 Å². The van der Waals surface area contributed by atoms with Crippen molar-refractivity contribution in [3.05, 3.63) is 35.5 Å². The molecule has 0 unspecified atom stereocenters. The van der Waals surface area contributed by atoms with E-state index in [2.05, 4.69) is 10.00 Å². The van der Waals surface area contributed by atoms with Crippen LogP contribution in [0.3, 0.4) is 0 Å². The Bertz CT molecular complexity index is 577. The normalized spacial score (nSPS) is 10.6. The number of ether oxygens (including phenoxy) is 1. The zero-order valence-electron chi connectivity index (χ0n) is 11.8. The van der Waals surface area contributed by atoms with Crippen LogP contribution >= 0.6 is 0 Å². The number of aromatic nitrogens is 2. The summed E-state index contributed by atoms with van der Waals surface area (Å²) in [6.07, 6.45) is 0. The van der Waals surface area contributed by atoms with E-state index in [-0.39, 0.29) is 0 Å². The number of aryl methyl sites for hydroxylation is 2. The van der Waals surface area contributed by atoms with Crippen molar-refractivity contribution in [1.82, 2.24) is 9.78 Å². The van der Waals surface area contributed by atoms with E-state index >= 15 is 0 Å². The van der Waals surface area contributed by atoms with Gasteiger partial charge in [-0.25, -0.2) is 0 Å². The fourth-order valence-corrected chi connectivity index (χ4v) is 2.37. The molecule has 0 saturated heterocycles. The first-order valence-electron chi connectivity index (χ1n) is 6.19. The van der Waals surface area contributed by atoms with E-state index in [1.807, 2.05) is 50.0 Å². The standard InChI is InChI=1S/C14H20N4O/c1-10-11(9-15)14(18(3)16-10)17(2)12-7-5-6-8-13(12)19-4/h5-8H,9,15H2,1-4H3. The summed E-state index contributed by atoms with van der Waals surface area (Å²) in [5.41, 5.74) is 8.84. The minimum atomic E-state index is 0.467. The summed E-state index contributed by atoms with van der Waals surface area (Å²) in [6, 6.07) is 7.90. The largest absolute Gasteiger partial charge is 0.495 e. The Hall–Kier alpha value is -2.01. The highest BCUT2D eigenvalue weighted by Crippen LogP contribution is 2.34. The molecular formula is C14H20N4O. The maximum Gasteiger partial charge on any atom is 0.142 e. The van der Waals surface area contributed by atoms with E-state index in [0.717, 1.165) is 28.5 Å². The Kier molecular flexibility index (Phi) is 3.76. The minimum Gasteiger partial charge on any atom is -0.495 e. The van der Waals surface area contributed by atoms with Gasteiger partial charge in [0.05, 0.1) is 18.5 Å². The van der Waals surface area contributed by atoms with Gasteiger partial charge in [-0.1, -0.05) is 12.1 Å². The van der Waals surface area contributed by atoms with Crippen LogP contribution < -0.4 is 15.4 Å². The van der Waals surface area contributed by atoms with Gasteiger partial charge in [-0.15, -0.1) is 0 Å². The molecule has 2 rings (SSSR count). The molecule has 2 aromatic rings. The van der Waals surface area contributed by atoms with Gasteiger partial charge < -0.3 is 15.4 Å². The van der Waals surface area contributed by atoms with Crippen molar-refractivity contribution in [3.63, 3.8) is 0 Å². The Morgan fingerprint density at radius 2 is 2.05 bits per heavy atom. The molecular weight excluding hydrogens is 240 g/mol. The van der Waals surface area contributed by atoms with Crippen LogP contribution in [0, 0.1) is 6.92 Å². The van der Waals surface area contributed by atoms with E-state index in [9.17, 15) is 0 Å². The van der Waals surface area contributed by atoms with Crippen molar-refractivity contribution >= 4 is 11.5 Å². The molecule has 0 atom stereocenters. The molecule has 0 bridgehead atoms. The van der Waals surface area contributed by atoms with Crippen molar-refractivity contribution in [1.29, 1.82) is 0 Å². The van der Waals surface area contributed by atoms with Gasteiger partial charge in [-0.2, -0.15) is 5.10 Å². The van der Waals surface area contributed by atoms with Crippen LogP contribution in [0.2, 0.25) is 0 Å². The van der Waals surface area contributed by atoms with Gasteiger partial charge >= 0.3 is 0 Å². The number of hydrogen-bond acceptors (Lipinski definition) is 4. The van der Waals surface area contributed by atoms with Crippen molar-refractivity contribution < 1.29 is 4.74 Å².